The van der Waals surface area contributed by atoms with Gasteiger partial charge in [-0.15, -0.1) is 0 Å². The molecule has 1 unspecified atom stereocenters. The minimum absolute atomic E-state index is 0.00782. The Morgan fingerprint density at radius 2 is 1.51 bits per heavy atom. The normalized spacial score (nSPS) is 15.1. The average Bonchev–Trinajstić information content (AvgIpc) is 3.09. The first-order valence-corrected chi connectivity index (χ1v) is 12.5. The number of carbonyl (C=O) groups excluding carboxylic acids is 2. The van der Waals surface area contributed by atoms with E-state index in [1.807, 2.05) is 94.4 Å². The molecule has 0 saturated carbocycles. The Hall–Kier alpha value is -2.10. The lowest BCUT2D eigenvalue weighted by molar-refractivity contribution is -0.126. The lowest BCUT2D eigenvalue weighted by Gasteiger charge is -2.32. The maximum atomic E-state index is 11.4. The fourth-order valence-corrected chi connectivity index (χ4v) is 2.80. The fourth-order valence-electron chi connectivity index (χ4n) is 2.80. The van der Waals surface area contributed by atoms with E-state index < -0.39 is 18.3 Å². The quantitative estimate of drug-likeness (QED) is 0.434. The van der Waals surface area contributed by atoms with E-state index >= 15 is 0 Å². The van der Waals surface area contributed by atoms with Crippen molar-refractivity contribution in [1.82, 2.24) is 5.32 Å². The molecule has 1 aromatic rings. The van der Waals surface area contributed by atoms with E-state index in [1.165, 1.54) is 7.11 Å². The standard InChI is InChI=1S/C18H29BN2O4.C2H4O2.3C2H6/c1-12(21-16(22)11-20)9-13-7-8-15(23-6)14(10-13)19-24-17(2,3)18(4,5)25-19;1-4-2-3;3*1-2/h7-8,10,12H,9,11,20H2,1-6H3,(H,21,22);2H,1H3;3*1-2H3. The Morgan fingerprint density at radius 3 is 1.89 bits per heavy atom. The van der Waals surface area contributed by atoms with Crippen molar-refractivity contribution in [2.24, 2.45) is 5.73 Å². The van der Waals surface area contributed by atoms with Crippen LogP contribution < -0.4 is 21.3 Å². The lowest BCUT2D eigenvalue weighted by atomic mass is 9.77. The lowest BCUT2D eigenvalue weighted by Crippen LogP contribution is -2.41. The molecule has 1 saturated heterocycles. The highest BCUT2D eigenvalue weighted by Crippen LogP contribution is 2.37. The van der Waals surface area contributed by atoms with E-state index in [4.69, 9.17) is 24.6 Å². The molecule has 1 aliphatic rings. The molecule has 9 heteroatoms. The zero-order valence-corrected chi connectivity index (χ0v) is 24.4. The number of benzene rings is 1. The molecule has 0 bridgehead atoms. The molecular weight excluding hydrogens is 447 g/mol. The van der Waals surface area contributed by atoms with Crippen molar-refractivity contribution in [3.8, 4) is 5.75 Å². The first-order valence-electron chi connectivity index (χ1n) is 12.5. The van der Waals surface area contributed by atoms with Crippen LogP contribution in [-0.2, 0) is 30.1 Å². The third kappa shape index (κ3) is 13.0. The van der Waals surface area contributed by atoms with Gasteiger partial charge in [0.2, 0.25) is 5.91 Å². The Balaban J connectivity index is -0.000000892. The van der Waals surface area contributed by atoms with Crippen LogP contribution in [0, 0.1) is 0 Å². The van der Waals surface area contributed by atoms with Gasteiger partial charge in [-0.25, -0.2) is 0 Å². The molecule has 1 heterocycles. The van der Waals surface area contributed by atoms with E-state index in [0.717, 1.165) is 16.8 Å². The predicted molar refractivity (Wildman–Crippen MR) is 146 cm³/mol. The Morgan fingerprint density at radius 1 is 1.06 bits per heavy atom. The van der Waals surface area contributed by atoms with Crippen LogP contribution >= 0.6 is 0 Å². The molecule has 35 heavy (non-hydrogen) atoms. The molecule has 0 radical (unpaired) electrons. The van der Waals surface area contributed by atoms with Crippen molar-refractivity contribution in [3.05, 3.63) is 23.8 Å². The molecule has 1 aliphatic heterocycles. The minimum atomic E-state index is -0.492. The van der Waals surface area contributed by atoms with Gasteiger partial charge < -0.3 is 29.8 Å². The monoisotopic (exact) mass is 498 g/mol. The van der Waals surface area contributed by atoms with Crippen molar-refractivity contribution < 1.29 is 28.4 Å². The molecule has 0 spiro atoms. The summed E-state index contributed by atoms with van der Waals surface area (Å²) in [5, 5.41) is 2.86. The molecule has 1 amide bonds. The second-order valence-corrected chi connectivity index (χ2v) is 7.87. The van der Waals surface area contributed by atoms with Crippen molar-refractivity contribution in [2.45, 2.75) is 99.8 Å². The van der Waals surface area contributed by atoms with Gasteiger partial charge in [0.15, 0.2) is 0 Å². The van der Waals surface area contributed by atoms with Gasteiger partial charge in [-0.1, -0.05) is 53.7 Å². The number of amides is 1. The Bertz CT molecular complexity index is 682. The summed E-state index contributed by atoms with van der Waals surface area (Å²) < 4.78 is 21.6. The number of carbonyl (C=O) groups is 2. The highest BCUT2D eigenvalue weighted by Gasteiger charge is 2.52. The van der Waals surface area contributed by atoms with Crippen LogP contribution in [0.2, 0.25) is 0 Å². The SMILES string of the molecule is CC.CC.CC.COC=O.COc1ccc(CC(C)NC(=O)CN)cc1B1OC(C)(C)C(C)(C)O1. The topological polar surface area (TPSA) is 109 Å². The molecule has 1 aromatic carbocycles. The van der Waals surface area contributed by atoms with Gasteiger partial charge in [0.05, 0.1) is 32.0 Å². The molecule has 8 nitrogen and oxygen atoms in total. The minimum Gasteiger partial charge on any atom is -0.497 e. The molecule has 204 valence electrons. The molecular formula is C26H51BN2O6. The van der Waals surface area contributed by atoms with Crippen molar-refractivity contribution in [2.75, 3.05) is 20.8 Å². The third-order valence-corrected chi connectivity index (χ3v) is 5.03. The number of methoxy groups -OCH3 is 2. The molecule has 0 aliphatic carbocycles. The second-order valence-electron chi connectivity index (χ2n) is 7.87. The highest BCUT2D eigenvalue weighted by atomic mass is 16.7. The summed E-state index contributed by atoms with van der Waals surface area (Å²) in [5.41, 5.74) is 6.44. The number of nitrogens with one attached hydrogen (secondary N) is 1. The highest BCUT2D eigenvalue weighted by molar-refractivity contribution is 6.63. The third-order valence-electron chi connectivity index (χ3n) is 5.03. The average molecular weight is 499 g/mol. The van der Waals surface area contributed by atoms with Gasteiger partial charge in [-0.05, 0) is 52.7 Å². The predicted octanol–water partition coefficient (Wildman–Crippen LogP) is 3.87. The zero-order valence-electron chi connectivity index (χ0n) is 24.4. The largest absolute Gasteiger partial charge is 0.498 e. The molecule has 1 atom stereocenters. The summed E-state index contributed by atoms with van der Waals surface area (Å²) >= 11 is 0. The van der Waals surface area contributed by atoms with Crippen LogP contribution in [0.5, 0.6) is 5.75 Å². The van der Waals surface area contributed by atoms with Gasteiger partial charge in [0.25, 0.3) is 6.47 Å². The van der Waals surface area contributed by atoms with Gasteiger partial charge in [0, 0.05) is 11.5 Å². The summed E-state index contributed by atoms with van der Waals surface area (Å²) in [6, 6.07) is 5.90. The maximum Gasteiger partial charge on any atom is 0.498 e. The van der Waals surface area contributed by atoms with Crippen LogP contribution in [0.1, 0.15) is 81.7 Å². The Kier molecular flexibility index (Phi) is 21.5. The summed E-state index contributed by atoms with van der Waals surface area (Å²) in [4.78, 5) is 20.4. The van der Waals surface area contributed by atoms with Crippen molar-refractivity contribution in [3.63, 3.8) is 0 Å². The number of hydrogen-bond donors (Lipinski definition) is 2. The van der Waals surface area contributed by atoms with Crippen LogP contribution in [0.3, 0.4) is 0 Å². The van der Waals surface area contributed by atoms with Crippen LogP contribution in [0.25, 0.3) is 0 Å². The number of hydrogen-bond acceptors (Lipinski definition) is 7. The van der Waals surface area contributed by atoms with E-state index in [0.29, 0.717) is 12.9 Å². The summed E-state index contributed by atoms with van der Waals surface area (Å²) in [5.74, 6) is 0.563. The first-order chi connectivity index (χ1) is 16.5. The number of rotatable bonds is 7. The fraction of sp³-hybridized carbons (Fsp3) is 0.692. The molecule has 3 N–H and O–H groups in total. The van der Waals surface area contributed by atoms with E-state index in [1.54, 1.807) is 7.11 Å². The maximum absolute atomic E-state index is 11.4. The smallest absolute Gasteiger partial charge is 0.497 e. The first kappa shape index (κ1) is 37.5. The van der Waals surface area contributed by atoms with Crippen LogP contribution in [0.15, 0.2) is 18.2 Å². The van der Waals surface area contributed by atoms with Crippen LogP contribution in [0.4, 0.5) is 0 Å². The number of ether oxygens (including phenoxy) is 2. The van der Waals surface area contributed by atoms with E-state index in [-0.39, 0.29) is 18.5 Å². The van der Waals surface area contributed by atoms with Crippen molar-refractivity contribution in [1.29, 1.82) is 0 Å². The van der Waals surface area contributed by atoms with Gasteiger partial charge >= 0.3 is 7.12 Å². The summed E-state index contributed by atoms with van der Waals surface area (Å²) in [6.45, 7) is 22.4. The van der Waals surface area contributed by atoms with Crippen molar-refractivity contribution >= 4 is 25.0 Å². The molecule has 0 aromatic heterocycles. The second kappa shape index (κ2) is 20.1. The van der Waals surface area contributed by atoms with Gasteiger partial charge in [-0.2, -0.15) is 0 Å². The van der Waals surface area contributed by atoms with E-state index in [9.17, 15) is 4.79 Å². The van der Waals surface area contributed by atoms with Crippen LogP contribution in [-0.4, -0.2) is 57.5 Å². The Labute approximate surface area is 214 Å². The molecule has 2 rings (SSSR count). The van der Waals surface area contributed by atoms with Gasteiger partial charge in [0.1, 0.15) is 5.75 Å². The summed E-state index contributed by atoms with van der Waals surface area (Å²) in [6.07, 6.45) is 0.683. The summed E-state index contributed by atoms with van der Waals surface area (Å²) in [7, 11) is 2.45. The van der Waals surface area contributed by atoms with Gasteiger partial charge in [-0.3, -0.25) is 9.59 Å². The zero-order chi connectivity index (χ0) is 28.2. The number of nitrogens with two attached hydrogens (primary N) is 1. The van der Waals surface area contributed by atoms with E-state index in [2.05, 4.69) is 10.1 Å². The molecule has 1 fully saturated rings.